The zero-order valence-corrected chi connectivity index (χ0v) is 27.7. The molecule has 0 atom stereocenters. The van der Waals surface area contributed by atoms with Crippen LogP contribution >= 0.6 is 0 Å². The molecule has 0 aliphatic carbocycles. The first-order valence-electron chi connectivity index (χ1n) is 15.1. The van der Waals surface area contributed by atoms with Gasteiger partial charge in [-0.25, -0.2) is 18.7 Å². The average Bonchev–Trinajstić information content (AvgIpc) is 3.03. The molecule has 2 aromatic carbocycles. The minimum absolute atomic E-state index is 0.0249. The van der Waals surface area contributed by atoms with Crippen molar-refractivity contribution < 1.29 is 55.8 Å². The van der Waals surface area contributed by atoms with Gasteiger partial charge in [0.2, 0.25) is 0 Å². The third-order valence-corrected chi connectivity index (χ3v) is 10.3. The number of sulfone groups is 1. The first-order valence-corrected chi connectivity index (χ1v) is 16.6. The van der Waals surface area contributed by atoms with Crippen LogP contribution in [-0.4, -0.2) is 84.1 Å². The Kier molecular flexibility index (Phi) is 14.8. The van der Waals surface area contributed by atoms with Gasteiger partial charge in [0.25, 0.3) is 5.91 Å². The maximum Gasteiger partial charge on any atom is 0.490 e. The Hall–Kier alpha value is -3.53. The molecule has 1 aliphatic heterocycles. The van der Waals surface area contributed by atoms with Crippen LogP contribution in [0, 0.1) is 0 Å². The molecule has 0 aromatic heterocycles. The van der Waals surface area contributed by atoms with E-state index in [2.05, 4.69) is 32.6 Å². The Morgan fingerprint density at radius 1 is 0.957 bits per heavy atom. The van der Waals surface area contributed by atoms with Crippen LogP contribution in [0.25, 0.3) is 0 Å². The fraction of sp³-hybridized carbons (Fsp3) is 0.531. The van der Waals surface area contributed by atoms with Crippen molar-refractivity contribution in [1.82, 2.24) is 10.4 Å². The van der Waals surface area contributed by atoms with E-state index in [4.69, 9.17) is 19.4 Å². The van der Waals surface area contributed by atoms with Gasteiger partial charge in [0.05, 0.1) is 11.5 Å². The summed E-state index contributed by atoms with van der Waals surface area (Å²) in [5, 5.41) is 16.3. The van der Waals surface area contributed by atoms with Gasteiger partial charge < -0.3 is 14.6 Å². The van der Waals surface area contributed by atoms with Crippen LogP contribution in [0.5, 0.6) is 5.75 Å². The molecule has 3 rings (SSSR count). The van der Waals surface area contributed by atoms with E-state index in [1.807, 2.05) is 24.3 Å². The standard InChI is InChI=1S/C30H42N2O7S.C2HF3O2/c1-22(2)32(23(3)4)21-24-8-10-25(11-9-24)28(33)7-5-6-18-39-26-12-14-27(15-13-26)40(36,37)30(29(34)31-35)16-19-38-20-17-30;3-2(4,5)1(6)7/h8-15,22-23,35H,5-7,16-21H2,1-4H3,(H,31,34);(H,6,7). The number of unbranched alkanes of at least 4 members (excludes halogenated alkanes) is 1. The van der Waals surface area contributed by atoms with Crippen molar-refractivity contribution in [2.45, 2.75) is 94.2 Å². The van der Waals surface area contributed by atoms with E-state index >= 15 is 0 Å². The molecule has 1 heterocycles. The predicted molar refractivity (Wildman–Crippen MR) is 166 cm³/mol. The molecule has 0 saturated carbocycles. The molecule has 0 bridgehead atoms. The number of ether oxygens (including phenoxy) is 2. The molecule has 262 valence electrons. The SMILES string of the molecule is CC(C)N(Cc1ccc(C(=O)CCCCOc2ccc(S(=O)(=O)C3(C(=O)NO)CCOCC3)cc2)cc1)C(C)C.O=C(O)C(F)(F)F. The number of carboxylic acid groups (broad SMARTS) is 1. The van der Waals surface area contributed by atoms with E-state index in [1.54, 1.807) is 12.1 Å². The number of carboxylic acids is 1. The molecular formula is C32H43F3N2O9S. The lowest BCUT2D eigenvalue weighted by atomic mass is 9.98. The summed E-state index contributed by atoms with van der Waals surface area (Å²) in [6, 6.07) is 14.6. The molecule has 1 saturated heterocycles. The number of benzene rings is 2. The summed E-state index contributed by atoms with van der Waals surface area (Å²) < 4.78 is 67.6. The fourth-order valence-corrected chi connectivity index (χ4v) is 6.99. The number of alkyl halides is 3. The van der Waals surface area contributed by atoms with Crippen molar-refractivity contribution in [3.63, 3.8) is 0 Å². The smallest absolute Gasteiger partial charge is 0.490 e. The highest BCUT2D eigenvalue weighted by molar-refractivity contribution is 7.93. The Balaban J connectivity index is 0.000000984. The largest absolute Gasteiger partial charge is 0.494 e. The number of nitrogens with one attached hydrogen (secondary N) is 1. The molecule has 0 spiro atoms. The van der Waals surface area contributed by atoms with Crippen molar-refractivity contribution >= 4 is 27.5 Å². The number of rotatable bonds is 14. The van der Waals surface area contributed by atoms with E-state index in [0.717, 1.165) is 6.54 Å². The predicted octanol–water partition coefficient (Wildman–Crippen LogP) is 5.20. The number of carbonyl (C=O) groups is 3. The van der Waals surface area contributed by atoms with Gasteiger partial charge in [-0.2, -0.15) is 13.2 Å². The molecule has 11 nitrogen and oxygen atoms in total. The first kappa shape index (κ1) is 39.6. The van der Waals surface area contributed by atoms with Crippen LogP contribution in [0.2, 0.25) is 0 Å². The minimum Gasteiger partial charge on any atom is -0.494 e. The molecule has 3 N–H and O–H groups in total. The quantitative estimate of drug-likeness (QED) is 0.104. The number of Topliss-reactive ketones (excluding diaryl/α,β-unsaturated/α-hetero) is 1. The van der Waals surface area contributed by atoms with E-state index in [-0.39, 0.29) is 36.7 Å². The number of hydroxylamine groups is 1. The summed E-state index contributed by atoms with van der Waals surface area (Å²) >= 11 is 0. The van der Waals surface area contributed by atoms with Crippen molar-refractivity contribution in [1.29, 1.82) is 0 Å². The number of ketones is 1. The van der Waals surface area contributed by atoms with Crippen LogP contribution in [0.3, 0.4) is 0 Å². The number of hydrogen-bond donors (Lipinski definition) is 3. The molecule has 1 amide bonds. The Morgan fingerprint density at radius 3 is 1.96 bits per heavy atom. The average molecular weight is 689 g/mol. The maximum absolute atomic E-state index is 13.3. The molecular weight excluding hydrogens is 645 g/mol. The maximum atomic E-state index is 13.3. The highest BCUT2D eigenvalue weighted by Crippen LogP contribution is 2.35. The van der Waals surface area contributed by atoms with Gasteiger partial charge in [0.15, 0.2) is 20.4 Å². The van der Waals surface area contributed by atoms with E-state index in [1.165, 1.54) is 23.2 Å². The van der Waals surface area contributed by atoms with Crippen LogP contribution in [-0.2, 0) is 30.7 Å². The van der Waals surface area contributed by atoms with E-state index < -0.39 is 32.6 Å². The second-order valence-electron chi connectivity index (χ2n) is 11.6. The van der Waals surface area contributed by atoms with E-state index in [0.29, 0.717) is 49.3 Å². The van der Waals surface area contributed by atoms with Crippen molar-refractivity contribution in [3.05, 3.63) is 59.7 Å². The third-order valence-electron chi connectivity index (χ3n) is 7.74. The summed E-state index contributed by atoms with van der Waals surface area (Å²) in [5.41, 5.74) is 3.41. The van der Waals surface area contributed by atoms with Gasteiger partial charge in [-0.15, -0.1) is 0 Å². The molecule has 2 aromatic rings. The number of halogens is 3. The number of nitrogens with zero attached hydrogens (tertiary/aromatic N) is 1. The monoisotopic (exact) mass is 688 g/mol. The van der Waals surface area contributed by atoms with Crippen LogP contribution in [0.15, 0.2) is 53.4 Å². The summed E-state index contributed by atoms with van der Waals surface area (Å²) in [4.78, 5) is 36.3. The summed E-state index contributed by atoms with van der Waals surface area (Å²) in [6.07, 6.45) is -3.41. The lowest BCUT2D eigenvalue weighted by Crippen LogP contribution is -2.54. The summed E-state index contributed by atoms with van der Waals surface area (Å²) in [7, 11) is -4.08. The Labute approximate surface area is 272 Å². The lowest BCUT2D eigenvalue weighted by Gasteiger charge is -2.34. The number of amides is 1. The number of aliphatic carboxylic acids is 1. The molecule has 1 fully saturated rings. The fourth-order valence-electron chi connectivity index (χ4n) is 5.05. The van der Waals surface area contributed by atoms with Crippen molar-refractivity contribution in [3.8, 4) is 5.75 Å². The minimum atomic E-state index is -5.08. The summed E-state index contributed by atoms with van der Waals surface area (Å²) in [6.45, 7) is 10.2. The first-order chi connectivity index (χ1) is 22.0. The van der Waals surface area contributed by atoms with Gasteiger partial charge in [-0.3, -0.25) is 19.7 Å². The highest BCUT2D eigenvalue weighted by atomic mass is 32.2. The molecule has 1 aliphatic rings. The zero-order chi connectivity index (χ0) is 35.4. The second kappa shape index (κ2) is 17.6. The van der Waals surface area contributed by atoms with Crippen molar-refractivity contribution in [2.75, 3.05) is 19.8 Å². The van der Waals surface area contributed by atoms with Crippen LogP contribution in [0.1, 0.15) is 75.7 Å². The van der Waals surface area contributed by atoms with Crippen LogP contribution < -0.4 is 10.2 Å². The Bertz CT molecular complexity index is 1420. The molecule has 0 radical (unpaired) electrons. The van der Waals surface area contributed by atoms with Crippen LogP contribution in [0.4, 0.5) is 13.2 Å². The Morgan fingerprint density at radius 2 is 1.49 bits per heavy atom. The molecule has 47 heavy (non-hydrogen) atoms. The zero-order valence-electron chi connectivity index (χ0n) is 26.9. The lowest BCUT2D eigenvalue weighted by molar-refractivity contribution is -0.192. The van der Waals surface area contributed by atoms with Gasteiger partial charge >= 0.3 is 12.1 Å². The number of carbonyl (C=O) groups excluding carboxylic acids is 2. The van der Waals surface area contributed by atoms with E-state index in [9.17, 15) is 36.4 Å². The molecule has 0 unspecified atom stereocenters. The topological polar surface area (TPSA) is 160 Å². The third kappa shape index (κ3) is 11.0. The molecule has 15 heteroatoms. The van der Waals surface area contributed by atoms with Crippen molar-refractivity contribution in [2.24, 2.45) is 0 Å². The van der Waals surface area contributed by atoms with Gasteiger partial charge in [0.1, 0.15) is 5.75 Å². The summed E-state index contributed by atoms with van der Waals surface area (Å²) in [5.74, 6) is -3.12. The van der Waals surface area contributed by atoms with Gasteiger partial charge in [-0.05, 0) is 83.2 Å². The highest BCUT2D eigenvalue weighted by Gasteiger charge is 2.52. The van der Waals surface area contributed by atoms with Gasteiger partial charge in [-0.1, -0.05) is 24.3 Å². The normalized spacial score (nSPS) is 14.8. The second-order valence-corrected chi connectivity index (χ2v) is 13.9. The van der Waals surface area contributed by atoms with Gasteiger partial charge in [0, 0.05) is 43.8 Å². The number of hydrogen-bond acceptors (Lipinski definition) is 9.